The van der Waals surface area contributed by atoms with Crippen molar-refractivity contribution >= 4 is 24.2 Å². The Labute approximate surface area is 140 Å². The van der Waals surface area contributed by atoms with Gasteiger partial charge in [-0.1, -0.05) is 20.8 Å². The summed E-state index contributed by atoms with van der Waals surface area (Å²) in [7, 11) is 0. The molecule has 0 bridgehead atoms. The molecule has 1 rings (SSSR count). The zero-order chi connectivity index (χ0) is 15.8. The highest BCUT2D eigenvalue weighted by Gasteiger charge is 2.28. The molecule has 2 atom stereocenters. The molecule has 0 aromatic heterocycles. The summed E-state index contributed by atoms with van der Waals surface area (Å²) in [6.45, 7) is 8.18. The van der Waals surface area contributed by atoms with E-state index in [1.54, 1.807) is 0 Å². The molecule has 0 aliphatic carbocycles. The maximum absolute atomic E-state index is 12.5. The number of halogens is 1. The second kappa shape index (κ2) is 10.8. The van der Waals surface area contributed by atoms with Crippen LogP contribution in [-0.4, -0.2) is 42.4 Å². The van der Waals surface area contributed by atoms with E-state index in [0.717, 1.165) is 25.8 Å². The van der Waals surface area contributed by atoms with E-state index < -0.39 is 0 Å². The number of nitrogens with zero attached hydrogens (tertiary/aromatic N) is 1. The van der Waals surface area contributed by atoms with E-state index >= 15 is 0 Å². The molecule has 1 fully saturated rings. The summed E-state index contributed by atoms with van der Waals surface area (Å²) in [5.74, 6) is 1.12. The number of nitrogens with one attached hydrogen (secondary N) is 1. The molecule has 0 radical (unpaired) electrons. The number of likely N-dealkylation sites (tertiary alicyclic amines) is 1. The third-order valence-electron chi connectivity index (χ3n) is 4.49. The van der Waals surface area contributed by atoms with E-state index in [1.807, 2.05) is 4.90 Å². The van der Waals surface area contributed by atoms with Gasteiger partial charge in [0, 0.05) is 38.5 Å². The minimum atomic E-state index is -0.0222. The lowest BCUT2D eigenvalue weighted by molar-refractivity contribution is -0.136. The van der Waals surface area contributed by atoms with Crippen LogP contribution in [-0.2, 0) is 9.59 Å². The maximum atomic E-state index is 12.5. The lowest BCUT2D eigenvalue weighted by Crippen LogP contribution is -2.49. The van der Waals surface area contributed by atoms with Crippen LogP contribution in [0.2, 0.25) is 0 Å². The monoisotopic (exact) mass is 333 g/mol. The van der Waals surface area contributed by atoms with E-state index in [-0.39, 0.29) is 30.3 Å². The molecule has 0 spiro atoms. The number of carbonyl (C=O) groups excluding carboxylic acids is 2. The molecule has 0 saturated carbocycles. The summed E-state index contributed by atoms with van der Waals surface area (Å²) in [6.07, 6.45) is 4.12. The average Bonchev–Trinajstić information content (AvgIpc) is 2.45. The van der Waals surface area contributed by atoms with Crippen LogP contribution >= 0.6 is 12.4 Å². The zero-order valence-corrected chi connectivity index (χ0v) is 15.0. The second-order valence-corrected chi connectivity index (χ2v) is 6.50. The molecule has 1 aliphatic rings. The van der Waals surface area contributed by atoms with Gasteiger partial charge in [0.15, 0.2) is 0 Å². The molecule has 3 N–H and O–H groups in total. The topological polar surface area (TPSA) is 75.4 Å². The third kappa shape index (κ3) is 6.97. The van der Waals surface area contributed by atoms with Crippen LogP contribution in [0.3, 0.4) is 0 Å². The second-order valence-electron chi connectivity index (χ2n) is 6.50. The molecular formula is C16H32ClN3O2. The predicted molar refractivity (Wildman–Crippen MR) is 91.9 cm³/mol. The smallest absolute Gasteiger partial charge is 0.223 e. The molecule has 0 aromatic carbocycles. The molecule has 6 heteroatoms. The summed E-state index contributed by atoms with van der Waals surface area (Å²) in [5, 5.41) is 2.90. The number of carbonyl (C=O) groups is 2. The SMILES string of the molecule is CC(C)C(C)CC(=O)N1CCCCC1CNC(=O)CCN.Cl. The summed E-state index contributed by atoms with van der Waals surface area (Å²) in [4.78, 5) is 26.0. The Morgan fingerprint density at radius 1 is 1.27 bits per heavy atom. The molecule has 1 saturated heterocycles. The Morgan fingerprint density at radius 2 is 1.95 bits per heavy atom. The quantitative estimate of drug-likeness (QED) is 0.747. The van der Waals surface area contributed by atoms with Crippen molar-refractivity contribution in [2.75, 3.05) is 19.6 Å². The van der Waals surface area contributed by atoms with Gasteiger partial charge in [-0.3, -0.25) is 9.59 Å². The third-order valence-corrected chi connectivity index (χ3v) is 4.49. The minimum Gasteiger partial charge on any atom is -0.354 e. The van der Waals surface area contributed by atoms with Crippen LogP contribution < -0.4 is 11.1 Å². The van der Waals surface area contributed by atoms with Crippen molar-refractivity contribution in [2.45, 2.75) is 58.9 Å². The number of rotatable bonds is 7. The first-order valence-electron chi connectivity index (χ1n) is 8.22. The van der Waals surface area contributed by atoms with Gasteiger partial charge in [-0.15, -0.1) is 12.4 Å². The molecule has 1 heterocycles. The molecule has 22 heavy (non-hydrogen) atoms. The van der Waals surface area contributed by atoms with E-state index in [4.69, 9.17) is 5.73 Å². The molecule has 1 aliphatic heterocycles. The van der Waals surface area contributed by atoms with Crippen molar-refractivity contribution in [1.82, 2.24) is 10.2 Å². The van der Waals surface area contributed by atoms with Crippen LogP contribution in [0.1, 0.15) is 52.9 Å². The van der Waals surface area contributed by atoms with Crippen LogP contribution in [0.25, 0.3) is 0 Å². The van der Waals surface area contributed by atoms with Crippen LogP contribution in [0.4, 0.5) is 0 Å². The Balaban J connectivity index is 0.00000441. The highest BCUT2D eigenvalue weighted by molar-refractivity contribution is 5.85. The molecule has 2 unspecified atom stereocenters. The van der Waals surface area contributed by atoms with E-state index in [2.05, 4.69) is 26.1 Å². The molecule has 0 aromatic rings. The Kier molecular flexibility index (Phi) is 10.4. The minimum absolute atomic E-state index is 0. The van der Waals surface area contributed by atoms with Crippen LogP contribution in [0.15, 0.2) is 0 Å². The Hall–Kier alpha value is -0.810. The first-order chi connectivity index (χ1) is 9.95. The summed E-state index contributed by atoms with van der Waals surface area (Å²) in [5.41, 5.74) is 5.37. The number of amides is 2. The lowest BCUT2D eigenvalue weighted by atomic mass is 9.93. The number of piperidine rings is 1. The Morgan fingerprint density at radius 3 is 2.55 bits per heavy atom. The maximum Gasteiger partial charge on any atom is 0.223 e. The van der Waals surface area contributed by atoms with Crippen LogP contribution in [0.5, 0.6) is 0 Å². The molecule has 2 amide bonds. The molecular weight excluding hydrogens is 302 g/mol. The first kappa shape index (κ1) is 21.2. The van der Waals surface area contributed by atoms with Crippen molar-refractivity contribution in [2.24, 2.45) is 17.6 Å². The highest BCUT2D eigenvalue weighted by Crippen LogP contribution is 2.21. The van der Waals surface area contributed by atoms with E-state index in [9.17, 15) is 9.59 Å². The fraction of sp³-hybridized carbons (Fsp3) is 0.875. The van der Waals surface area contributed by atoms with Gasteiger partial charge in [-0.05, 0) is 31.1 Å². The van der Waals surface area contributed by atoms with Crippen molar-refractivity contribution in [1.29, 1.82) is 0 Å². The van der Waals surface area contributed by atoms with Gasteiger partial charge in [0.25, 0.3) is 0 Å². The lowest BCUT2D eigenvalue weighted by Gasteiger charge is -2.36. The van der Waals surface area contributed by atoms with Gasteiger partial charge in [0.1, 0.15) is 0 Å². The molecule has 5 nitrogen and oxygen atoms in total. The average molecular weight is 334 g/mol. The molecule has 130 valence electrons. The first-order valence-corrected chi connectivity index (χ1v) is 8.22. The number of hydrogen-bond acceptors (Lipinski definition) is 3. The van der Waals surface area contributed by atoms with Crippen LogP contribution in [0, 0.1) is 11.8 Å². The largest absolute Gasteiger partial charge is 0.354 e. The van der Waals surface area contributed by atoms with Gasteiger partial charge in [-0.2, -0.15) is 0 Å². The van der Waals surface area contributed by atoms with Gasteiger partial charge < -0.3 is 16.0 Å². The van der Waals surface area contributed by atoms with Crippen molar-refractivity contribution in [3.05, 3.63) is 0 Å². The zero-order valence-electron chi connectivity index (χ0n) is 14.1. The van der Waals surface area contributed by atoms with Crippen molar-refractivity contribution in [3.63, 3.8) is 0 Å². The Bertz CT molecular complexity index is 350. The van der Waals surface area contributed by atoms with Gasteiger partial charge >= 0.3 is 0 Å². The standard InChI is InChI=1S/C16H31N3O2.ClH/c1-12(2)13(3)10-16(21)19-9-5-4-6-14(19)11-18-15(20)7-8-17;/h12-14H,4-11,17H2,1-3H3,(H,18,20);1H. The summed E-state index contributed by atoms with van der Waals surface area (Å²) < 4.78 is 0. The summed E-state index contributed by atoms with van der Waals surface area (Å²) >= 11 is 0. The fourth-order valence-corrected chi connectivity index (χ4v) is 2.62. The van der Waals surface area contributed by atoms with E-state index in [1.165, 1.54) is 0 Å². The highest BCUT2D eigenvalue weighted by atomic mass is 35.5. The van der Waals surface area contributed by atoms with Gasteiger partial charge in [-0.25, -0.2) is 0 Å². The summed E-state index contributed by atoms with van der Waals surface area (Å²) in [6, 6.07) is 0.146. The van der Waals surface area contributed by atoms with E-state index in [0.29, 0.717) is 37.8 Å². The normalized spacial score (nSPS) is 19.5. The fourth-order valence-electron chi connectivity index (χ4n) is 2.62. The van der Waals surface area contributed by atoms with Crippen molar-refractivity contribution < 1.29 is 9.59 Å². The van der Waals surface area contributed by atoms with Gasteiger partial charge in [0.05, 0.1) is 0 Å². The van der Waals surface area contributed by atoms with Crippen molar-refractivity contribution in [3.8, 4) is 0 Å². The number of nitrogens with two attached hydrogens (primary N) is 1. The van der Waals surface area contributed by atoms with Gasteiger partial charge in [0.2, 0.25) is 11.8 Å². The predicted octanol–water partition coefficient (Wildman–Crippen LogP) is 1.94. The number of hydrogen-bond donors (Lipinski definition) is 2.